The summed E-state index contributed by atoms with van der Waals surface area (Å²) >= 11 is 10.3. The summed E-state index contributed by atoms with van der Waals surface area (Å²) in [4.78, 5) is 4.73. The van der Waals surface area contributed by atoms with Gasteiger partial charge in [-0.25, -0.2) is 0 Å². The zero-order valence-electron chi connectivity index (χ0n) is 10.6. The lowest BCUT2D eigenvalue weighted by Gasteiger charge is -2.31. The Hall–Kier alpha value is 0.0600. The first-order valence-electron chi connectivity index (χ1n) is 6.56. The molecule has 1 aliphatic heterocycles. The van der Waals surface area contributed by atoms with E-state index in [0.29, 0.717) is 5.41 Å². The van der Waals surface area contributed by atoms with Gasteiger partial charge in [-0.2, -0.15) is 0 Å². The van der Waals surface area contributed by atoms with Crippen molar-refractivity contribution in [1.29, 1.82) is 0 Å². The molecule has 1 aromatic rings. The molecule has 0 unspecified atom stereocenters. The van der Waals surface area contributed by atoms with Crippen LogP contribution in [0.15, 0.2) is 23.2 Å². The molecule has 1 spiro atoms. The second kappa shape index (κ2) is 5.82. The van der Waals surface area contributed by atoms with Gasteiger partial charge in [-0.05, 0) is 59.0 Å². The van der Waals surface area contributed by atoms with E-state index in [1.165, 1.54) is 31.4 Å². The molecule has 1 heterocycles. The van der Waals surface area contributed by atoms with Crippen LogP contribution in [0.4, 0.5) is 5.69 Å². The Labute approximate surface area is 136 Å². The average molecular weight is 407 g/mol. The monoisotopic (exact) mass is 406 g/mol. The number of hydrogen-bond donors (Lipinski definition) is 1. The number of aliphatic imine (C=N–C) groups is 1. The van der Waals surface area contributed by atoms with Gasteiger partial charge in [0.25, 0.3) is 0 Å². The van der Waals surface area contributed by atoms with E-state index in [1.807, 2.05) is 23.9 Å². The van der Waals surface area contributed by atoms with Crippen LogP contribution >= 0.6 is 46.0 Å². The fourth-order valence-corrected chi connectivity index (χ4v) is 4.83. The molecule has 1 aliphatic carbocycles. The molecular weight excluding hydrogens is 391 g/mol. The molecule has 0 amide bonds. The van der Waals surface area contributed by atoms with Crippen LogP contribution in [-0.2, 0) is 0 Å². The van der Waals surface area contributed by atoms with Crippen LogP contribution in [-0.4, -0.2) is 17.5 Å². The minimum Gasteiger partial charge on any atom is -0.334 e. The van der Waals surface area contributed by atoms with Gasteiger partial charge in [0.2, 0.25) is 0 Å². The SMILES string of the molecule is Clc1cc(I)ccc1NC1=NCC2(CCCC2)CS1. The van der Waals surface area contributed by atoms with Gasteiger partial charge in [0.15, 0.2) is 5.17 Å². The molecule has 19 heavy (non-hydrogen) atoms. The second-order valence-corrected chi connectivity index (χ2v) is 7.98. The third kappa shape index (κ3) is 3.22. The van der Waals surface area contributed by atoms with Crippen LogP contribution in [0.1, 0.15) is 25.7 Å². The fourth-order valence-electron chi connectivity index (χ4n) is 2.76. The lowest BCUT2D eigenvalue weighted by atomic mass is 9.89. The molecule has 3 rings (SSSR count). The van der Waals surface area contributed by atoms with E-state index in [4.69, 9.17) is 16.6 Å². The number of amidine groups is 1. The summed E-state index contributed by atoms with van der Waals surface area (Å²) in [6, 6.07) is 6.05. The normalized spacial score (nSPS) is 21.5. The first kappa shape index (κ1) is 14.0. The Balaban J connectivity index is 1.69. The molecule has 5 heteroatoms. The van der Waals surface area contributed by atoms with Gasteiger partial charge in [0.1, 0.15) is 0 Å². The van der Waals surface area contributed by atoms with Gasteiger partial charge in [-0.15, -0.1) is 0 Å². The van der Waals surface area contributed by atoms with Gasteiger partial charge in [-0.1, -0.05) is 36.2 Å². The van der Waals surface area contributed by atoms with E-state index >= 15 is 0 Å². The smallest absolute Gasteiger partial charge is 0.161 e. The number of thioether (sulfide) groups is 1. The molecular formula is C14H16ClIN2S. The first-order chi connectivity index (χ1) is 9.17. The van der Waals surface area contributed by atoms with Gasteiger partial charge < -0.3 is 5.32 Å². The van der Waals surface area contributed by atoms with Crippen molar-refractivity contribution in [2.24, 2.45) is 10.4 Å². The Bertz CT molecular complexity index is 512. The summed E-state index contributed by atoms with van der Waals surface area (Å²) < 4.78 is 1.15. The zero-order chi connectivity index (χ0) is 13.3. The first-order valence-corrected chi connectivity index (χ1v) is 9.01. The minimum absolute atomic E-state index is 0.492. The quantitative estimate of drug-likeness (QED) is 0.662. The summed E-state index contributed by atoms with van der Waals surface area (Å²) in [5.41, 5.74) is 1.45. The number of nitrogens with zero attached hydrogens (tertiary/aromatic N) is 1. The van der Waals surface area contributed by atoms with Gasteiger partial charge in [-0.3, -0.25) is 4.99 Å². The topological polar surface area (TPSA) is 24.4 Å². The molecule has 0 atom stereocenters. The largest absolute Gasteiger partial charge is 0.334 e. The van der Waals surface area contributed by atoms with Crippen molar-refractivity contribution in [1.82, 2.24) is 0 Å². The van der Waals surface area contributed by atoms with Crippen LogP contribution in [0.25, 0.3) is 0 Å². The van der Waals surface area contributed by atoms with Crippen LogP contribution < -0.4 is 5.32 Å². The maximum Gasteiger partial charge on any atom is 0.161 e. The maximum absolute atomic E-state index is 6.24. The molecule has 0 radical (unpaired) electrons. The van der Waals surface area contributed by atoms with Crippen LogP contribution in [0.2, 0.25) is 5.02 Å². The number of hydrogen-bond acceptors (Lipinski definition) is 3. The molecule has 1 aromatic carbocycles. The van der Waals surface area contributed by atoms with Crippen molar-refractivity contribution < 1.29 is 0 Å². The van der Waals surface area contributed by atoms with Crippen molar-refractivity contribution in [3.8, 4) is 0 Å². The summed E-state index contributed by atoms with van der Waals surface area (Å²) in [7, 11) is 0. The Kier molecular flexibility index (Phi) is 4.29. The molecule has 0 bridgehead atoms. The molecule has 2 aliphatic rings. The van der Waals surface area contributed by atoms with E-state index in [-0.39, 0.29) is 0 Å². The summed E-state index contributed by atoms with van der Waals surface area (Å²) in [5.74, 6) is 1.20. The number of halogens is 2. The third-order valence-electron chi connectivity index (χ3n) is 3.91. The molecule has 0 saturated heterocycles. The van der Waals surface area contributed by atoms with Crippen molar-refractivity contribution in [2.45, 2.75) is 25.7 Å². The van der Waals surface area contributed by atoms with Crippen LogP contribution in [0.5, 0.6) is 0 Å². The second-order valence-electron chi connectivity index (χ2n) is 5.37. The summed E-state index contributed by atoms with van der Waals surface area (Å²) in [5, 5.41) is 5.14. The number of anilines is 1. The Morgan fingerprint density at radius 2 is 2.11 bits per heavy atom. The van der Waals surface area contributed by atoms with Gasteiger partial charge in [0.05, 0.1) is 10.7 Å². The van der Waals surface area contributed by atoms with E-state index < -0.39 is 0 Å². The highest BCUT2D eigenvalue weighted by Crippen LogP contribution is 2.43. The molecule has 1 fully saturated rings. The highest BCUT2D eigenvalue weighted by atomic mass is 127. The maximum atomic E-state index is 6.24. The van der Waals surface area contributed by atoms with Gasteiger partial charge in [0, 0.05) is 15.9 Å². The van der Waals surface area contributed by atoms with Crippen LogP contribution in [0, 0.1) is 8.99 Å². The number of benzene rings is 1. The number of rotatable bonds is 1. The molecule has 102 valence electrons. The summed E-state index contributed by atoms with van der Waals surface area (Å²) in [6.07, 6.45) is 5.45. The summed E-state index contributed by atoms with van der Waals surface area (Å²) in [6.45, 7) is 0.977. The Morgan fingerprint density at radius 1 is 1.32 bits per heavy atom. The van der Waals surface area contributed by atoms with E-state index in [0.717, 1.165) is 26.0 Å². The van der Waals surface area contributed by atoms with Gasteiger partial charge >= 0.3 is 0 Å². The molecule has 0 aromatic heterocycles. The third-order valence-corrected chi connectivity index (χ3v) is 6.16. The minimum atomic E-state index is 0.492. The predicted molar refractivity (Wildman–Crippen MR) is 93.5 cm³/mol. The average Bonchev–Trinajstić information content (AvgIpc) is 2.84. The molecule has 1 saturated carbocycles. The van der Waals surface area contributed by atoms with E-state index in [2.05, 4.69) is 34.0 Å². The zero-order valence-corrected chi connectivity index (χ0v) is 14.3. The highest BCUT2D eigenvalue weighted by Gasteiger charge is 2.36. The molecule has 1 N–H and O–H groups in total. The standard InChI is InChI=1S/C14H16ClIN2S/c15-11-7-10(16)3-4-12(11)18-13-17-8-14(9-19-13)5-1-2-6-14/h3-4,7H,1-2,5-6,8-9H2,(H,17,18). The van der Waals surface area contributed by atoms with Crippen molar-refractivity contribution in [3.05, 3.63) is 26.8 Å². The number of nitrogens with one attached hydrogen (secondary N) is 1. The Morgan fingerprint density at radius 3 is 2.74 bits per heavy atom. The highest BCUT2D eigenvalue weighted by molar-refractivity contribution is 14.1. The van der Waals surface area contributed by atoms with Crippen LogP contribution in [0.3, 0.4) is 0 Å². The fraction of sp³-hybridized carbons (Fsp3) is 0.500. The lowest BCUT2D eigenvalue weighted by Crippen LogP contribution is -2.30. The molecule has 2 nitrogen and oxygen atoms in total. The van der Waals surface area contributed by atoms with Crippen molar-refractivity contribution >= 4 is 56.8 Å². The predicted octanol–water partition coefficient (Wildman–Crippen LogP) is 5.02. The van der Waals surface area contributed by atoms with E-state index in [9.17, 15) is 0 Å². The lowest BCUT2D eigenvalue weighted by molar-refractivity contribution is 0.359. The van der Waals surface area contributed by atoms with E-state index in [1.54, 1.807) is 0 Å². The van der Waals surface area contributed by atoms with Crippen molar-refractivity contribution in [3.63, 3.8) is 0 Å². The van der Waals surface area contributed by atoms with Crippen molar-refractivity contribution in [2.75, 3.05) is 17.6 Å².